The predicted octanol–water partition coefficient (Wildman–Crippen LogP) is 16.6. The summed E-state index contributed by atoms with van der Waals surface area (Å²) in [5.74, 6) is 3.66. The van der Waals surface area contributed by atoms with Crippen LogP contribution in [0, 0.1) is 0 Å². The quantitative estimate of drug-likeness (QED) is 0.0440. The van der Waals surface area contributed by atoms with Crippen LogP contribution >= 0.6 is 0 Å². The fraction of sp³-hybridized carbons (Fsp3) is 0.585. The number of rotatable bonds is 35. The fourth-order valence-corrected chi connectivity index (χ4v) is 6.94. The highest BCUT2D eigenvalue weighted by molar-refractivity contribution is 5.76. The summed E-state index contributed by atoms with van der Waals surface area (Å²) in [6.07, 6.45) is 37.4. The summed E-state index contributed by atoms with van der Waals surface area (Å²) in [4.78, 5) is 0. The molecule has 0 aliphatic rings. The third-order valence-corrected chi connectivity index (χ3v) is 10.6. The van der Waals surface area contributed by atoms with Crippen molar-refractivity contribution in [3.8, 4) is 23.0 Å². The number of hydrogen-bond acceptors (Lipinski definition) is 4. The van der Waals surface area contributed by atoms with Gasteiger partial charge in [0.05, 0.1) is 26.4 Å². The molecule has 4 nitrogen and oxygen atoms in total. The zero-order valence-corrected chi connectivity index (χ0v) is 36.8. The van der Waals surface area contributed by atoms with Crippen LogP contribution in [0.1, 0.15) is 198 Å². The summed E-state index contributed by atoms with van der Waals surface area (Å²) < 4.78 is 25.0. The van der Waals surface area contributed by atoms with E-state index in [1.165, 1.54) is 122 Å². The smallest absolute Gasteiger partial charge is 0.126 e. The highest BCUT2D eigenvalue weighted by atomic mass is 16.5. The van der Waals surface area contributed by atoms with E-state index in [0.717, 1.165) is 97.4 Å². The normalized spacial score (nSPS) is 11.5. The molecule has 0 saturated heterocycles. The van der Waals surface area contributed by atoms with Crippen molar-refractivity contribution in [3.05, 3.63) is 82.9 Å². The van der Waals surface area contributed by atoms with Gasteiger partial charge in [-0.1, -0.05) is 198 Å². The Bertz CT molecular complexity index is 1470. The first-order valence-electron chi connectivity index (χ1n) is 23.4. The molecule has 0 N–H and O–H groups in total. The summed E-state index contributed by atoms with van der Waals surface area (Å²) in [5.41, 5.74) is 4.40. The highest BCUT2D eigenvalue weighted by Crippen LogP contribution is 2.29. The van der Waals surface area contributed by atoms with E-state index in [0.29, 0.717) is 0 Å². The largest absolute Gasteiger partial charge is 0.494 e. The third kappa shape index (κ3) is 22.2. The lowest BCUT2D eigenvalue weighted by Crippen LogP contribution is -2.01. The lowest BCUT2D eigenvalue weighted by atomic mass is 10.1. The lowest BCUT2D eigenvalue weighted by Gasteiger charge is -2.13. The second-order valence-corrected chi connectivity index (χ2v) is 15.8. The van der Waals surface area contributed by atoms with E-state index in [-0.39, 0.29) is 0 Å². The molecule has 0 heterocycles. The second-order valence-electron chi connectivity index (χ2n) is 15.8. The molecule has 0 spiro atoms. The minimum atomic E-state index is 0.740. The van der Waals surface area contributed by atoms with Crippen molar-refractivity contribution in [2.75, 3.05) is 26.4 Å². The Balaban J connectivity index is 1.66. The summed E-state index contributed by atoms with van der Waals surface area (Å²) in [6.45, 7) is 12.0. The molecule has 0 radical (unpaired) electrons. The fourth-order valence-electron chi connectivity index (χ4n) is 6.94. The first kappa shape index (κ1) is 47.7. The van der Waals surface area contributed by atoms with Crippen LogP contribution in [0.25, 0.3) is 24.3 Å². The Labute approximate surface area is 349 Å². The molecule has 0 bridgehead atoms. The van der Waals surface area contributed by atoms with Crippen LogP contribution in [0.5, 0.6) is 23.0 Å². The van der Waals surface area contributed by atoms with E-state index >= 15 is 0 Å². The Morgan fingerprint density at radius 3 is 0.947 bits per heavy atom. The van der Waals surface area contributed by atoms with Crippen LogP contribution in [-0.2, 0) is 0 Å². The van der Waals surface area contributed by atoms with Crippen LogP contribution in [0.3, 0.4) is 0 Å². The number of benzene rings is 3. The van der Waals surface area contributed by atoms with Gasteiger partial charge in [0.1, 0.15) is 23.0 Å². The van der Waals surface area contributed by atoms with Crippen molar-refractivity contribution in [2.24, 2.45) is 0 Å². The van der Waals surface area contributed by atoms with Crippen LogP contribution in [0.4, 0.5) is 0 Å². The highest BCUT2D eigenvalue weighted by Gasteiger charge is 2.07. The lowest BCUT2D eigenvalue weighted by molar-refractivity contribution is 0.296. The molecule has 4 heteroatoms. The van der Waals surface area contributed by atoms with Crippen LogP contribution < -0.4 is 18.9 Å². The molecule has 3 rings (SSSR count). The molecular formula is C53H80O4. The van der Waals surface area contributed by atoms with Gasteiger partial charge in [-0.15, -0.1) is 0 Å². The predicted molar refractivity (Wildman–Crippen MR) is 248 cm³/mol. The third-order valence-electron chi connectivity index (χ3n) is 10.6. The molecule has 57 heavy (non-hydrogen) atoms. The molecular weight excluding hydrogens is 701 g/mol. The molecule has 3 aromatic carbocycles. The molecule has 0 atom stereocenters. The first-order valence-corrected chi connectivity index (χ1v) is 23.4. The van der Waals surface area contributed by atoms with E-state index in [2.05, 4.69) is 113 Å². The van der Waals surface area contributed by atoms with Crippen molar-refractivity contribution >= 4 is 24.3 Å². The number of hydrogen-bond donors (Lipinski definition) is 0. The van der Waals surface area contributed by atoms with Gasteiger partial charge in [0.15, 0.2) is 0 Å². The van der Waals surface area contributed by atoms with Crippen LogP contribution in [0.15, 0.2) is 60.7 Å². The molecule has 3 aromatic rings. The summed E-state index contributed by atoms with van der Waals surface area (Å²) >= 11 is 0. The van der Waals surface area contributed by atoms with E-state index in [1.807, 2.05) is 0 Å². The summed E-state index contributed by atoms with van der Waals surface area (Å²) in [6, 6.07) is 21.3. The number of ether oxygens (including phenoxy) is 4. The average molecular weight is 781 g/mol. The molecule has 0 unspecified atom stereocenters. The first-order chi connectivity index (χ1) is 28.2. The second kappa shape index (κ2) is 32.3. The minimum Gasteiger partial charge on any atom is -0.494 e. The standard InChI is InChI=1S/C53H80O4/c1-5-9-13-17-21-24-40-54-50-36-38-52(56-42-26-20-16-12-8-4)48(44-50)34-32-46-28-30-47(31-29-46)33-35-49-45-51(55-41-25-22-18-14-10-6-2)37-39-53(49)57-43-27-23-19-15-11-7-3/h28-39,44-45H,5-27,40-43H2,1-4H3/b34-32+,35-33+. The summed E-state index contributed by atoms with van der Waals surface area (Å²) in [7, 11) is 0. The zero-order valence-electron chi connectivity index (χ0n) is 36.8. The van der Waals surface area contributed by atoms with Gasteiger partial charge < -0.3 is 18.9 Å². The van der Waals surface area contributed by atoms with E-state index < -0.39 is 0 Å². The molecule has 0 saturated carbocycles. The van der Waals surface area contributed by atoms with Crippen LogP contribution in [-0.4, -0.2) is 26.4 Å². The van der Waals surface area contributed by atoms with Crippen LogP contribution in [0.2, 0.25) is 0 Å². The molecule has 0 aliphatic heterocycles. The van der Waals surface area contributed by atoms with Crippen molar-refractivity contribution < 1.29 is 18.9 Å². The monoisotopic (exact) mass is 781 g/mol. The Morgan fingerprint density at radius 1 is 0.316 bits per heavy atom. The van der Waals surface area contributed by atoms with Gasteiger partial charge in [-0.2, -0.15) is 0 Å². The Morgan fingerprint density at radius 2 is 0.614 bits per heavy atom. The SMILES string of the molecule is CCCCCCCCOc1ccc(OCCCCCCC)c(/C=C/c2ccc(/C=C/c3cc(OCCCCCCCC)ccc3OCCCCCCCC)cc2)c1. The topological polar surface area (TPSA) is 36.9 Å². The molecule has 0 fully saturated rings. The molecule has 0 amide bonds. The average Bonchev–Trinajstić information content (AvgIpc) is 3.23. The molecule has 316 valence electrons. The molecule has 0 aliphatic carbocycles. The van der Waals surface area contributed by atoms with Crippen molar-refractivity contribution in [1.82, 2.24) is 0 Å². The van der Waals surface area contributed by atoms with Gasteiger partial charge in [-0.3, -0.25) is 0 Å². The Hall–Kier alpha value is -3.66. The van der Waals surface area contributed by atoms with Crippen molar-refractivity contribution in [3.63, 3.8) is 0 Å². The van der Waals surface area contributed by atoms with Gasteiger partial charge in [-0.25, -0.2) is 0 Å². The minimum absolute atomic E-state index is 0.740. The summed E-state index contributed by atoms with van der Waals surface area (Å²) in [5, 5.41) is 0. The molecule has 0 aromatic heterocycles. The van der Waals surface area contributed by atoms with Crippen molar-refractivity contribution in [2.45, 2.75) is 175 Å². The Kier molecular flexibility index (Phi) is 27.0. The van der Waals surface area contributed by atoms with Gasteiger partial charge in [0, 0.05) is 11.1 Å². The van der Waals surface area contributed by atoms with E-state index in [4.69, 9.17) is 18.9 Å². The van der Waals surface area contributed by atoms with E-state index in [9.17, 15) is 0 Å². The van der Waals surface area contributed by atoms with Gasteiger partial charge in [0.2, 0.25) is 0 Å². The maximum absolute atomic E-state index is 6.34. The maximum atomic E-state index is 6.34. The van der Waals surface area contributed by atoms with Gasteiger partial charge >= 0.3 is 0 Å². The zero-order chi connectivity index (χ0) is 40.4. The van der Waals surface area contributed by atoms with E-state index in [1.54, 1.807) is 0 Å². The maximum Gasteiger partial charge on any atom is 0.126 e. The van der Waals surface area contributed by atoms with Crippen molar-refractivity contribution in [1.29, 1.82) is 0 Å². The van der Waals surface area contributed by atoms with Gasteiger partial charge in [-0.05, 0) is 73.2 Å². The number of unbranched alkanes of at least 4 members (excludes halogenated alkanes) is 19. The van der Waals surface area contributed by atoms with Gasteiger partial charge in [0.25, 0.3) is 0 Å².